The van der Waals surface area contributed by atoms with Gasteiger partial charge in [-0.05, 0) is 17.7 Å². The number of aromatic nitrogens is 1. The second kappa shape index (κ2) is 6.82. The first-order valence-corrected chi connectivity index (χ1v) is 7.59. The zero-order valence-corrected chi connectivity index (χ0v) is 12.5. The van der Waals surface area contributed by atoms with Gasteiger partial charge < -0.3 is 5.32 Å². The van der Waals surface area contributed by atoms with Gasteiger partial charge in [0, 0.05) is 0 Å². The minimum absolute atomic E-state index is 0.131. The molecule has 2 aromatic carbocycles. The second-order valence-corrected chi connectivity index (χ2v) is 5.57. The highest BCUT2D eigenvalue weighted by atomic mass is 32.1. The Morgan fingerprint density at radius 3 is 2.73 bits per heavy atom. The monoisotopic (exact) mass is 310 g/mol. The molecule has 0 aliphatic heterocycles. The highest BCUT2D eigenvalue weighted by Crippen LogP contribution is 2.24. The minimum Gasteiger partial charge on any atom is -0.352 e. The highest BCUT2D eigenvalue weighted by molar-refractivity contribution is 7.22. The molecule has 0 bridgehead atoms. The van der Waals surface area contributed by atoms with Crippen LogP contribution >= 0.6 is 11.3 Å². The number of anilines is 1. The number of carbonyl (C=O) groups excluding carboxylic acids is 1. The van der Waals surface area contributed by atoms with Gasteiger partial charge in [0.15, 0.2) is 5.13 Å². The van der Waals surface area contributed by atoms with E-state index in [1.165, 1.54) is 11.3 Å². The fourth-order valence-corrected chi connectivity index (χ4v) is 2.72. The molecule has 1 amide bonds. The number of para-hydroxylation sites is 1. The molecule has 0 atom stereocenters. The van der Waals surface area contributed by atoms with Crippen molar-refractivity contribution in [3.05, 3.63) is 60.2 Å². The zero-order valence-electron chi connectivity index (χ0n) is 11.7. The Morgan fingerprint density at radius 1 is 1.14 bits per heavy atom. The molecule has 22 heavy (non-hydrogen) atoms. The number of hydrazone groups is 1. The van der Waals surface area contributed by atoms with Crippen molar-refractivity contribution in [1.82, 2.24) is 10.4 Å². The Kier molecular flexibility index (Phi) is 4.41. The molecule has 5 nitrogen and oxygen atoms in total. The molecular formula is C16H14N4OS. The molecule has 3 rings (SSSR count). The number of thiazole rings is 1. The fourth-order valence-electron chi connectivity index (χ4n) is 1.86. The van der Waals surface area contributed by atoms with Crippen LogP contribution in [0.2, 0.25) is 0 Å². The molecule has 1 heterocycles. The van der Waals surface area contributed by atoms with Gasteiger partial charge in [-0.3, -0.25) is 4.79 Å². The lowest BCUT2D eigenvalue weighted by atomic mass is 10.2. The van der Waals surface area contributed by atoms with Crippen molar-refractivity contribution in [2.75, 3.05) is 11.9 Å². The number of nitrogens with zero attached hydrogens (tertiary/aromatic N) is 2. The summed E-state index contributed by atoms with van der Waals surface area (Å²) < 4.78 is 1.09. The molecule has 6 heteroatoms. The maximum Gasteiger partial charge on any atom is 0.259 e. The lowest BCUT2D eigenvalue weighted by molar-refractivity contribution is -0.119. The topological polar surface area (TPSA) is 66.4 Å². The van der Waals surface area contributed by atoms with Gasteiger partial charge >= 0.3 is 0 Å². The summed E-state index contributed by atoms with van der Waals surface area (Å²) in [5, 5.41) is 7.64. The summed E-state index contributed by atoms with van der Waals surface area (Å²) in [6.45, 7) is 0.131. The Labute approximate surface area is 131 Å². The molecule has 0 unspecified atom stereocenters. The first kappa shape index (κ1) is 14.2. The van der Waals surface area contributed by atoms with Gasteiger partial charge in [-0.1, -0.05) is 53.8 Å². The third-order valence-corrected chi connectivity index (χ3v) is 3.89. The number of rotatable bonds is 5. The number of fused-ring (bicyclic) bond motifs is 1. The predicted octanol–water partition coefficient (Wildman–Crippen LogP) is 2.86. The number of carbonyl (C=O) groups is 1. The molecule has 110 valence electrons. The van der Waals surface area contributed by atoms with Crippen molar-refractivity contribution in [2.45, 2.75) is 0 Å². The maximum absolute atomic E-state index is 11.7. The number of hydrogen-bond acceptors (Lipinski definition) is 5. The van der Waals surface area contributed by atoms with Crippen LogP contribution in [0.4, 0.5) is 5.13 Å². The molecule has 0 aliphatic carbocycles. The van der Waals surface area contributed by atoms with Crippen LogP contribution in [0.3, 0.4) is 0 Å². The molecule has 0 spiro atoms. The van der Waals surface area contributed by atoms with E-state index in [1.807, 2.05) is 54.6 Å². The average molecular weight is 310 g/mol. The van der Waals surface area contributed by atoms with E-state index in [0.717, 1.165) is 20.9 Å². The van der Waals surface area contributed by atoms with E-state index in [2.05, 4.69) is 20.8 Å². The van der Waals surface area contributed by atoms with Crippen molar-refractivity contribution >= 4 is 38.8 Å². The van der Waals surface area contributed by atoms with E-state index in [9.17, 15) is 4.79 Å². The van der Waals surface area contributed by atoms with Crippen molar-refractivity contribution in [3.8, 4) is 0 Å². The largest absolute Gasteiger partial charge is 0.352 e. The predicted molar refractivity (Wildman–Crippen MR) is 90.3 cm³/mol. The molecular weight excluding hydrogens is 296 g/mol. The van der Waals surface area contributed by atoms with Gasteiger partial charge in [0.2, 0.25) is 0 Å². The van der Waals surface area contributed by atoms with Crippen LogP contribution in [-0.2, 0) is 4.79 Å². The van der Waals surface area contributed by atoms with Gasteiger partial charge in [-0.2, -0.15) is 5.10 Å². The van der Waals surface area contributed by atoms with Gasteiger partial charge in [0.05, 0.1) is 23.0 Å². The molecule has 0 saturated carbocycles. The summed E-state index contributed by atoms with van der Waals surface area (Å²) in [4.78, 5) is 16.1. The number of hydrogen-bond donors (Lipinski definition) is 2. The van der Waals surface area contributed by atoms with Crippen LogP contribution in [0.5, 0.6) is 0 Å². The molecule has 0 radical (unpaired) electrons. The van der Waals surface area contributed by atoms with Gasteiger partial charge in [0.1, 0.15) is 0 Å². The van der Waals surface area contributed by atoms with Crippen LogP contribution in [0.25, 0.3) is 10.2 Å². The summed E-state index contributed by atoms with van der Waals surface area (Å²) in [5.74, 6) is -0.216. The van der Waals surface area contributed by atoms with Crippen LogP contribution in [0.15, 0.2) is 59.7 Å². The van der Waals surface area contributed by atoms with E-state index >= 15 is 0 Å². The Hall–Kier alpha value is -2.73. The smallest absolute Gasteiger partial charge is 0.259 e. The third-order valence-electron chi connectivity index (χ3n) is 2.90. The SMILES string of the molecule is O=C(CNc1nc2ccccc2s1)N/N=C\c1ccccc1. The quantitative estimate of drug-likeness (QED) is 0.562. The third kappa shape index (κ3) is 3.67. The highest BCUT2D eigenvalue weighted by Gasteiger charge is 2.04. The molecule has 0 saturated heterocycles. The Balaban J connectivity index is 1.51. The van der Waals surface area contributed by atoms with Crippen LogP contribution in [0, 0.1) is 0 Å². The maximum atomic E-state index is 11.7. The van der Waals surface area contributed by atoms with E-state index in [1.54, 1.807) is 6.21 Å². The van der Waals surface area contributed by atoms with E-state index < -0.39 is 0 Å². The van der Waals surface area contributed by atoms with Crippen molar-refractivity contribution in [3.63, 3.8) is 0 Å². The molecule has 1 aromatic heterocycles. The van der Waals surface area contributed by atoms with Crippen molar-refractivity contribution < 1.29 is 4.79 Å². The fraction of sp³-hybridized carbons (Fsp3) is 0.0625. The number of benzene rings is 2. The lowest BCUT2D eigenvalue weighted by Crippen LogP contribution is -2.25. The van der Waals surface area contributed by atoms with Crippen LogP contribution < -0.4 is 10.7 Å². The van der Waals surface area contributed by atoms with Crippen LogP contribution in [-0.4, -0.2) is 23.7 Å². The second-order valence-electron chi connectivity index (χ2n) is 4.54. The van der Waals surface area contributed by atoms with Crippen molar-refractivity contribution in [2.24, 2.45) is 5.10 Å². The van der Waals surface area contributed by atoms with Gasteiger partial charge in [0.25, 0.3) is 5.91 Å². The minimum atomic E-state index is -0.216. The standard InChI is InChI=1S/C16H14N4OS/c21-15(20-18-10-12-6-2-1-3-7-12)11-17-16-19-13-8-4-5-9-14(13)22-16/h1-10H,11H2,(H,17,19)(H,20,21)/b18-10-. The zero-order chi connectivity index (χ0) is 15.2. The Bertz CT molecular complexity index is 765. The lowest BCUT2D eigenvalue weighted by Gasteiger charge is -2.00. The number of nitrogens with one attached hydrogen (secondary N) is 2. The van der Waals surface area contributed by atoms with E-state index in [0.29, 0.717) is 0 Å². The van der Waals surface area contributed by atoms with Crippen LogP contribution in [0.1, 0.15) is 5.56 Å². The summed E-state index contributed by atoms with van der Waals surface area (Å²) in [6, 6.07) is 17.4. The Morgan fingerprint density at radius 2 is 1.91 bits per heavy atom. The molecule has 2 N–H and O–H groups in total. The molecule has 0 aliphatic rings. The normalized spacial score (nSPS) is 10.9. The van der Waals surface area contributed by atoms with E-state index in [-0.39, 0.29) is 12.5 Å². The summed E-state index contributed by atoms with van der Waals surface area (Å²) in [5.41, 5.74) is 4.34. The summed E-state index contributed by atoms with van der Waals surface area (Å²) >= 11 is 1.52. The summed E-state index contributed by atoms with van der Waals surface area (Å²) in [6.07, 6.45) is 1.61. The van der Waals surface area contributed by atoms with Gasteiger partial charge in [-0.15, -0.1) is 0 Å². The first-order chi connectivity index (χ1) is 10.8. The van der Waals surface area contributed by atoms with E-state index in [4.69, 9.17) is 0 Å². The molecule has 3 aromatic rings. The summed E-state index contributed by atoms with van der Waals surface area (Å²) in [7, 11) is 0. The average Bonchev–Trinajstić information content (AvgIpc) is 2.97. The van der Waals surface area contributed by atoms with Gasteiger partial charge in [-0.25, -0.2) is 10.4 Å². The number of amides is 1. The molecule has 0 fully saturated rings. The van der Waals surface area contributed by atoms with Crippen molar-refractivity contribution in [1.29, 1.82) is 0 Å². The first-order valence-electron chi connectivity index (χ1n) is 6.78.